The van der Waals surface area contributed by atoms with Gasteiger partial charge in [0, 0.05) is 17.6 Å². The van der Waals surface area contributed by atoms with Crippen LogP contribution in [0.1, 0.15) is 30.1 Å². The van der Waals surface area contributed by atoms with Crippen LogP contribution in [-0.4, -0.2) is 35.8 Å². The van der Waals surface area contributed by atoms with Gasteiger partial charge in [-0.05, 0) is 38.0 Å². The van der Waals surface area contributed by atoms with E-state index in [1.165, 1.54) is 0 Å². The number of likely N-dealkylation sites (tertiary alicyclic amines) is 1. The van der Waals surface area contributed by atoms with Crippen LogP contribution in [0.4, 0.5) is 0 Å². The first-order valence-corrected chi connectivity index (χ1v) is 7.71. The molecule has 1 unspecified atom stereocenters. The Balaban J connectivity index is 2.03. The van der Waals surface area contributed by atoms with Crippen LogP contribution in [0.15, 0.2) is 22.7 Å². The lowest BCUT2D eigenvalue weighted by Gasteiger charge is -2.21. The fourth-order valence-electron chi connectivity index (χ4n) is 2.22. The molecule has 1 aromatic carbocycles. The highest BCUT2D eigenvalue weighted by Gasteiger charge is 2.25. The van der Waals surface area contributed by atoms with E-state index in [2.05, 4.69) is 21.2 Å². The van der Waals surface area contributed by atoms with Gasteiger partial charge in [0.15, 0.2) is 0 Å². The molecule has 1 aliphatic rings. The lowest BCUT2D eigenvalue weighted by molar-refractivity contribution is -0.131. The van der Waals surface area contributed by atoms with Crippen molar-refractivity contribution >= 4 is 39.3 Å². The molecule has 2 amide bonds. The van der Waals surface area contributed by atoms with Gasteiger partial charge in [0.2, 0.25) is 5.91 Å². The molecule has 1 saturated heterocycles. The van der Waals surface area contributed by atoms with Gasteiger partial charge in [0.05, 0.1) is 10.6 Å². The fourth-order valence-corrected chi connectivity index (χ4v) is 2.78. The number of carbonyl (C=O) groups is 2. The monoisotopic (exact) mass is 358 g/mol. The molecule has 1 atom stereocenters. The molecule has 1 fully saturated rings. The Morgan fingerprint density at radius 2 is 2.00 bits per heavy atom. The second kappa shape index (κ2) is 6.59. The minimum absolute atomic E-state index is 0.0398. The molecule has 20 heavy (non-hydrogen) atoms. The van der Waals surface area contributed by atoms with Crippen LogP contribution >= 0.6 is 27.5 Å². The molecule has 1 aromatic rings. The number of nitrogens with zero attached hydrogens (tertiary/aromatic N) is 1. The molecule has 0 aromatic heterocycles. The van der Waals surface area contributed by atoms with Crippen molar-refractivity contribution in [2.75, 3.05) is 13.1 Å². The molecule has 0 bridgehead atoms. The third-order valence-electron chi connectivity index (χ3n) is 3.31. The van der Waals surface area contributed by atoms with Crippen molar-refractivity contribution in [3.63, 3.8) is 0 Å². The molecular formula is C14H16BrClN2O2. The predicted octanol–water partition coefficient (Wildman–Crippen LogP) is 2.84. The molecule has 0 saturated carbocycles. The topological polar surface area (TPSA) is 49.4 Å². The molecule has 4 nitrogen and oxygen atoms in total. The normalized spacial score (nSPS) is 16.1. The number of hydrogen-bond donors (Lipinski definition) is 1. The summed E-state index contributed by atoms with van der Waals surface area (Å²) in [6.45, 7) is 3.25. The summed E-state index contributed by atoms with van der Waals surface area (Å²) < 4.78 is 0.769. The van der Waals surface area contributed by atoms with Gasteiger partial charge < -0.3 is 10.2 Å². The highest BCUT2D eigenvalue weighted by Crippen LogP contribution is 2.21. The molecule has 0 aliphatic carbocycles. The molecule has 1 aliphatic heterocycles. The van der Waals surface area contributed by atoms with Crippen LogP contribution in [0.2, 0.25) is 5.02 Å². The molecule has 108 valence electrons. The van der Waals surface area contributed by atoms with Gasteiger partial charge in [-0.3, -0.25) is 9.59 Å². The van der Waals surface area contributed by atoms with E-state index in [1.54, 1.807) is 30.0 Å². The average Bonchev–Trinajstić information content (AvgIpc) is 2.94. The minimum atomic E-state index is -0.546. The van der Waals surface area contributed by atoms with Crippen LogP contribution in [-0.2, 0) is 4.79 Å². The third-order valence-corrected chi connectivity index (χ3v) is 4.13. The van der Waals surface area contributed by atoms with E-state index < -0.39 is 6.04 Å². The van der Waals surface area contributed by atoms with Crippen LogP contribution in [0.25, 0.3) is 0 Å². The Hall–Kier alpha value is -1.07. The predicted molar refractivity (Wildman–Crippen MR) is 81.9 cm³/mol. The summed E-state index contributed by atoms with van der Waals surface area (Å²) in [5.74, 6) is -0.377. The van der Waals surface area contributed by atoms with Crippen molar-refractivity contribution in [3.8, 4) is 0 Å². The Kier molecular flexibility index (Phi) is 5.05. The standard InChI is InChI=1S/C14H16BrClN2O2/c1-9(14(20)18-6-2-3-7-18)17-13(19)11-8-10(15)4-5-12(11)16/h4-5,8-9H,2-3,6-7H2,1H3,(H,17,19). The van der Waals surface area contributed by atoms with Gasteiger partial charge in [0.25, 0.3) is 5.91 Å². The Morgan fingerprint density at radius 3 is 2.65 bits per heavy atom. The molecule has 1 heterocycles. The van der Waals surface area contributed by atoms with Gasteiger partial charge in [0.1, 0.15) is 6.04 Å². The zero-order valence-corrected chi connectivity index (χ0v) is 13.5. The zero-order valence-electron chi connectivity index (χ0n) is 11.2. The maximum absolute atomic E-state index is 12.2. The average molecular weight is 360 g/mol. The van der Waals surface area contributed by atoms with Crippen molar-refractivity contribution in [1.29, 1.82) is 0 Å². The van der Waals surface area contributed by atoms with Gasteiger partial charge in [-0.2, -0.15) is 0 Å². The molecular weight excluding hydrogens is 344 g/mol. The van der Waals surface area contributed by atoms with Crippen LogP contribution in [0.3, 0.4) is 0 Å². The lowest BCUT2D eigenvalue weighted by atomic mass is 10.2. The quantitative estimate of drug-likeness (QED) is 0.902. The number of nitrogens with one attached hydrogen (secondary N) is 1. The minimum Gasteiger partial charge on any atom is -0.341 e. The zero-order chi connectivity index (χ0) is 14.7. The number of benzene rings is 1. The summed E-state index contributed by atoms with van der Waals surface area (Å²) in [4.78, 5) is 26.1. The second-order valence-corrected chi connectivity index (χ2v) is 6.17. The third kappa shape index (κ3) is 3.52. The number of halogens is 2. The van der Waals surface area contributed by atoms with Gasteiger partial charge in [-0.1, -0.05) is 27.5 Å². The Bertz CT molecular complexity index is 530. The van der Waals surface area contributed by atoms with E-state index in [-0.39, 0.29) is 11.8 Å². The molecule has 0 radical (unpaired) electrons. The van der Waals surface area contributed by atoms with E-state index >= 15 is 0 Å². The largest absolute Gasteiger partial charge is 0.341 e. The lowest BCUT2D eigenvalue weighted by Crippen LogP contribution is -2.46. The number of amides is 2. The number of carbonyl (C=O) groups excluding carboxylic acids is 2. The smallest absolute Gasteiger partial charge is 0.253 e. The van der Waals surface area contributed by atoms with Crippen molar-refractivity contribution in [2.24, 2.45) is 0 Å². The van der Waals surface area contributed by atoms with Crippen LogP contribution in [0, 0.1) is 0 Å². The number of rotatable bonds is 3. The van der Waals surface area contributed by atoms with E-state index in [9.17, 15) is 9.59 Å². The molecule has 6 heteroatoms. The second-order valence-electron chi connectivity index (χ2n) is 4.85. The maximum Gasteiger partial charge on any atom is 0.253 e. The number of hydrogen-bond acceptors (Lipinski definition) is 2. The SMILES string of the molecule is CC(NC(=O)c1cc(Br)ccc1Cl)C(=O)N1CCCC1. The van der Waals surface area contributed by atoms with E-state index in [4.69, 9.17) is 11.6 Å². The van der Waals surface area contributed by atoms with Crippen molar-refractivity contribution in [2.45, 2.75) is 25.8 Å². The fraction of sp³-hybridized carbons (Fsp3) is 0.429. The first-order valence-electron chi connectivity index (χ1n) is 6.54. The first kappa shape index (κ1) is 15.3. The van der Waals surface area contributed by atoms with Crippen LogP contribution in [0.5, 0.6) is 0 Å². The summed E-state index contributed by atoms with van der Waals surface area (Å²) >= 11 is 9.30. The molecule has 1 N–H and O–H groups in total. The van der Waals surface area contributed by atoms with Crippen molar-refractivity contribution < 1.29 is 9.59 Å². The molecule has 2 rings (SSSR count). The van der Waals surface area contributed by atoms with Crippen molar-refractivity contribution in [1.82, 2.24) is 10.2 Å². The van der Waals surface area contributed by atoms with Gasteiger partial charge >= 0.3 is 0 Å². The summed E-state index contributed by atoms with van der Waals surface area (Å²) in [5, 5.41) is 3.07. The summed E-state index contributed by atoms with van der Waals surface area (Å²) in [5.41, 5.74) is 0.363. The molecule has 0 spiro atoms. The van der Waals surface area contributed by atoms with E-state index in [1.807, 2.05) is 0 Å². The van der Waals surface area contributed by atoms with E-state index in [0.29, 0.717) is 10.6 Å². The first-order chi connectivity index (χ1) is 9.49. The Morgan fingerprint density at radius 1 is 1.35 bits per heavy atom. The maximum atomic E-state index is 12.2. The Labute approximate surface area is 131 Å². The summed E-state index contributed by atoms with van der Waals surface area (Å²) in [6, 6.07) is 4.51. The van der Waals surface area contributed by atoms with Crippen LogP contribution < -0.4 is 5.32 Å². The van der Waals surface area contributed by atoms with Gasteiger partial charge in [-0.25, -0.2) is 0 Å². The highest BCUT2D eigenvalue weighted by atomic mass is 79.9. The van der Waals surface area contributed by atoms with Crippen molar-refractivity contribution in [3.05, 3.63) is 33.3 Å². The highest BCUT2D eigenvalue weighted by molar-refractivity contribution is 9.10. The summed E-state index contributed by atoms with van der Waals surface area (Å²) in [6.07, 6.45) is 2.06. The van der Waals surface area contributed by atoms with Gasteiger partial charge in [-0.15, -0.1) is 0 Å². The summed E-state index contributed by atoms with van der Waals surface area (Å²) in [7, 11) is 0. The van der Waals surface area contributed by atoms with E-state index in [0.717, 1.165) is 30.4 Å².